The van der Waals surface area contributed by atoms with Crippen molar-refractivity contribution >= 4 is 23.1 Å². The average molecular weight is 274 g/mol. The monoisotopic (exact) mass is 274 g/mol. The summed E-state index contributed by atoms with van der Waals surface area (Å²) in [5.41, 5.74) is 2.44. The van der Waals surface area contributed by atoms with Gasteiger partial charge in [0, 0.05) is 30.2 Å². The van der Waals surface area contributed by atoms with Gasteiger partial charge in [-0.3, -0.25) is 0 Å². The lowest BCUT2D eigenvalue weighted by atomic mass is 10.0. The summed E-state index contributed by atoms with van der Waals surface area (Å²) in [5.74, 6) is 1.71. The summed E-state index contributed by atoms with van der Waals surface area (Å²) in [6.07, 6.45) is 1.11. The van der Waals surface area contributed by atoms with Crippen molar-refractivity contribution in [1.29, 1.82) is 0 Å². The Bertz CT molecular complexity index is 593. The van der Waals surface area contributed by atoms with Crippen LogP contribution >= 0.6 is 11.3 Å². The maximum atomic E-state index is 4.59. The highest BCUT2D eigenvalue weighted by Crippen LogP contribution is 2.35. The van der Waals surface area contributed by atoms with Crippen molar-refractivity contribution in [2.24, 2.45) is 0 Å². The predicted octanol–water partition coefficient (Wildman–Crippen LogP) is 3.01. The van der Waals surface area contributed by atoms with Crippen LogP contribution in [-0.2, 0) is 6.42 Å². The van der Waals surface area contributed by atoms with E-state index in [2.05, 4.69) is 44.6 Å². The molecule has 4 nitrogen and oxygen atoms in total. The Balaban J connectivity index is 1.97. The molecule has 0 spiro atoms. The van der Waals surface area contributed by atoms with Gasteiger partial charge in [-0.1, -0.05) is 0 Å². The minimum absolute atomic E-state index is 0.383. The van der Waals surface area contributed by atoms with E-state index >= 15 is 0 Å². The second kappa shape index (κ2) is 4.81. The second-order valence-electron chi connectivity index (χ2n) is 4.86. The summed E-state index contributed by atoms with van der Waals surface area (Å²) in [7, 11) is 1.86. The first-order valence-corrected chi connectivity index (χ1v) is 7.43. The molecule has 1 aliphatic rings. The number of anilines is 2. The second-order valence-corrected chi connectivity index (χ2v) is 5.86. The van der Waals surface area contributed by atoms with Gasteiger partial charge in [-0.2, -0.15) is 4.98 Å². The third-order valence-electron chi connectivity index (χ3n) is 3.64. The quantitative estimate of drug-likeness (QED) is 0.914. The molecule has 2 aromatic heterocycles. The van der Waals surface area contributed by atoms with Gasteiger partial charge in [-0.15, -0.1) is 11.3 Å². The fourth-order valence-corrected chi connectivity index (χ4v) is 3.60. The summed E-state index contributed by atoms with van der Waals surface area (Å²) < 4.78 is 0. The molecule has 19 heavy (non-hydrogen) atoms. The number of rotatable bonds is 2. The molecule has 3 rings (SSSR count). The van der Waals surface area contributed by atoms with Crippen LogP contribution in [0.3, 0.4) is 0 Å². The third-order valence-corrected chi connectivity index (χ3v) is 4.63. The number of fused-ring (bicyclic) bond motifs is 1. The maximum Gasteiger partial charge on any atom is 0.224 e. The average Bonchev–Trinajstić information content (AvgIpc) is 2.87. The van der Waals surface area contributed by atoms with Crippen LogP contribution in [0.4, 0.5) is 11.8 Å². The molecule has 1 aliphatic heterocycles. The molecule has 3 heterocycles. The summed E-state index contributed by atoms with van der Waals surface area (Å²) in [6, 6.07) is 4.69. The lowest BCUT2D eigenvalue weighted by Gasteiger charge is -2.34. The van der Waals surface area contributed by atoms with Crippen molar-refractivity contribution in [3.8, 4) is 0 Å². The van der Waals surface area contributed by atoms with Crippen LogP contribution in [0, 0.1) is 6.92 Å². The Morgan fingerprint density at radius 2 is 2.26 bits per heavy atom. The third kappa shape index (κ3) is 2.18. The lowest BCUT2D eigenvalue weighted by Crippen LogP contribution is -2.34. The van der Waals surface area contributed by atoms with Crippen LogP contribution in [0.15, 0.2) is 17.5 Å². The van der Waals surface area contributed by atoms with Gasteiger partial charge in [0.25, 0.3) is 0 Å². The molecule has 1 unspecified atom stereocenters. The number of thiophene rings is 1. The molecule has 0 bridgehead atoms. The normalized spacial score (nSPS) is 18.3. The molecule has 0 saturated heterocycles. The first-order valence-electron chi connectivity index (χ1n) is 6.55. The predicted molar refractivity (Wildman–Crippen MR) is 80.1 cm³/mol. The molecule has 1 atom stereocenters. The van der Waals surface area contributed by atoms with E-state index in [1.807, 2.05) is 25.3 Å². The maximum absolute atomic E-state index is 4.59. The molecule has 1 N–H and O–H groups in total. The van der Waals surface area contributed by atoms with Crippen LogP contribution in [0.5, 0.6) is 0 Å². The molecular weight excluding hydrogens is 256 g/mol. The Morgan fingerprint density at radius 3 is 3.05 bits per heavy atom. The van der Waals surface area contributed by atoms with E-state index in [0.29, 0.717) is 12.0 Å². The van der Waals surface area contributed by atoms with Crippen LogP contribution < -0.4 is 10.2 Å². The van der Waals surface area contributed by atoms with Crippen molar-refractivity contribution < 1.29 is 0 Å². The number of nitrogens with one attached hydrogen (secondary N) is 1. The van der Waals surface area contributed by atoms with Gasteiger partial charge in [-0.25, -0.2) is 4.98 Å². The highest BCUT2D eigenvalue weighted by molar-refractivity contribution is 7.10. The lowest BCUT2D eigenvalue weighted by molar-refractivity contribution is 0.624. The van der Waals surface area contributed by atoms with E-state index in [0.717, 1.165) is 24.5 Å². The van der Waals surface area contributed by atoms with Crippen LogP contribution in [0.1, 0.15) is 29.1 Å². The van der Waals surface area contributed by atoms with Gasteiger partial charge in [0.05, 0.1) is 6.04 Å². The first kappa shape index (κ1) is 12.4. The summed E-state index contributed by atoms with van der Waals surface area (Å²) in [6.45, 7) is 5.28. The molecule has 5 heteroatoms. The van der Waals surface area contributed by atoms with Gasteiger partial charge >= 0.3 is 0 Å². The fraction of sp³-hybridized carbons (Fsp3) is 0.429. The number of hydrogen-bond donors (Lipinski definition) is 1. The van der Waals surface area contributed by atoms with Crippen molar-refractivity contribution in [2.75, 3.05) is 23.8 Å². The molecule has 0 amide bonds. The summed E-state index contributed by atoms with van der Waals surface area (Å²) in [5, 5.41) is 5.22. The fourth-order valence-electron chi connectivity index (χ4n) is 2.63. The van der Waals surface area contributed by atoms with Crippen molar-refractivity contribution in [2.45, 2.75) is 26.3 Å². The smallest absolute Gasteiger partial charge is 0.224 e. The Morgan fingerprint density at radius 1 is 1.42 bits per heavy atom. The highest BCUT2D eigenvalue weighted by Gasteiger charge is 2.26. The molecule has 100 valence electrons. The number of aromatic nitrogens is 2. The van der Waals surface area contributed by atoms with E-state index < -0.39 is 0 Å². The van der Waals surface area contributed by atoms with Gasteiger partial charge in [0.2, 0.25) is 5.95 Å². The zero-order chi connectivity index (χ0) is 13.4. The van der Waals surface area contributed by atoms with Crippen molar-refractivity contribution in [3.63, 3.8) is 0 Å². The summed E-state index contributed by atoms with van der Waals surface area (Å²) in [4.78, 5) is 12.8. The first-order chi connectivity index (χ1) is 9.19. The molecule has 0 aliphatic carbocycles. The van der Waals surface area contributed by atoms with Gasteiger partial charge in [-0.05, 0) is 37.3 Å². The Labute approximate surface area is 117 Å². The van der Waals surface area contributed by atoms with E-state index in [9.17, 15) is 0 Å². The molecule has 0 aromatic carbocycles. The van der Waals surface area contributed by atoms with E-state index in [1.54, 1.807) is 0 Å². The standard InChI is InChI=1S/C14H18N4S/c1-9-8-13(17-14(15-3)16-9)18-6-4-12-11(10(18)2)5-7-19-12/h5,7-8,10H,4,6H2,1-3H3,(H,15,16,17). The number of aryl methyl sites for hydroxylation is 1. The molecule has 2 aromatic rings. The highest BCUT2D eigenvalue weighted by atomic mass is 32.1. The van der Waals surface area contributed by atoms with Crippen molar-refractivity contribution in [3.05, 3.63) is 33.6 Å². The van der Waals surface area contributed by atoms with Gasteiger partial charge in [0.1, 0.15) is 5.82 Å². The zero-order valence-electron chi connectivity index (χ0n) is 11.5. The Hall–Kier alpha value is -1.62. The van der Waals surface area contributed by atoms with E-state index in [4.69, 9.17) is 0 Å². The van der Waals surface area contributed by atoms with Gasteiger partial charge < -0.3 is 10.2 Å². The zero-order valence-corrected chi connectivity index (χ0v) is 12.3. The molecule has 0 fully saturated rings. The van der Waals surface area contributed by atoms with E-state index in [-0.39, 0.29) is 0 Å². The SMILES string of the molecule is CNc1nc(C)cc(N2CCc3sccc3C2C)n1. The van der Waals surface area contributed by atoms with E-state index in [1.165, 1.54) is 10.4 Å². The number of hydrogen-bond acceptors (Lipinski definition) is 5. The molecule has 0 saturated carbocycles. The van der Waals surface area contributed by atoms with Crippen LogP contribution in [0.25, 0.3) is 0 Å². The minimum atomic E-state index is 0.383. The van der Waals surface area contributed by atoms with Crippen LogP contribution in [-0.4, -0.2) is 23.6 Å². The summed E-state index contributed by atoms with van der Waals surface area (Å²) >= 11 is 1.87. The molecular formula is C14H18N4S. The molecule has 0 radical (unpaired) electrons. The minimum Gasteiger partial charge on any atom is -0.357 e. The number of nitrogens with zero attached hydrogens (tertiary/aromatic N) is 3. The van der Waals surface area contributed by atoms with Crippen LogP contribution in [0.2, 0.25) is 0 Å². The Kier molecular flexibility index (Phi) is 3.14. The topological polar surface area (TPSA) is 41.1 Å². The van der Waals surface area contributed by atoms with Crippen molar-refractivity contribution in [1.82, 2.24) is 9.97 Å². The van der Waals surface area contributed by atoms with Gasteiger partial charge in [0.15, 0.2) is 0 Å². The largest absolute Gasteiger partial charge is 0.357 e.